The predicted octanol–water partition coefficient (Wildman–Crippen LogP) is 3.03. The number of nitrogens with two attached hydrogens (primary N) is 1. The van der Waals surface area contributed by atoms with Crippen molar-refractivity contribution in [2.75, 3.05) is 25.0 Å². The van der Waals surface area contributed by atoms with E-state index in [-0.39, 0.29) is 0 Å². The third kappa shape index (κ3) is 5.17. The molecular formula is C14H24N2. The summed E-state index contributed by atoms with van der Waals surface area (Å²) >= 11 is 0. The van der Waals surface area contributed by atoms with Gasteiger partial charge in [0.2, 0.25) is 0 Å². The van der Waals surface area contributed by atoms with Gasteiger partial charge in [-0.1, -0.05) is 37.5 Å². The second-order valence-corrected chi connectivity index (χ2v) is 4.31. The highest BCUT2D eigenvalue weighted by molar-refractivity contribution is 5.44. The standard InChI is InChI=1S/C14H24N2/c1-16(14-10-6-5-7-11-14)13-9-4-2-3-8-12-15/h5-7,10-11H,2-4,8-9,12-13,15H2,1H3. The third-order valence-corrected chi connectivity index (χ3v) is 2.89. The summed E-state index contributed by atoms with van der Waals surface area (Å²) < 4.78 is 0. The molecule has 0 saturated carbocycles. The van der Waals surface area contributed by atoms with Crippen molar-refractivity contribution in [1.29, 1.82) is 0 Å². The summed E-state index contributed by atoms with van der Waals surface area (Å²) in [5.74, 6) is 0. The Bertz CT molecular complexity index is 259. The van der Waals surface area contributed by atoms with E-state index in [0.29, 0.717) is 0 Å². The zero-order valence-corrected chi connectivity index (χ0v) is 10.4. The first kappa shape index (κ1) is 13.0. The Morgan fingerprint density at radius 1 is 0.938 bits per heavy atom. The molecule has 2 heteroatoms. The average Bonchev–Trinajstić information content (AvgIpc) is 2.34. The van der Waals surface area contributed by atoms with Crippen LogP contribution in [0.2, 0.25) is 0 Å². The second kappa shape index (κ2) is 8.17. The smallest absolute Gasteiger partial charge is 0.0363 e. The fourth-order valence-corrected chi connectivity index (χ4v) is 1.84. The summed E-state index contributed by atoms with van der Waals surface area (Å²) in [7, 11) is 2.16. The van der Waals surface area contributed by atoms with Gasteiger partial charge in [-0.05, 0) is 31.5 Å². The zero-order valence-electron chi connectivity index (χ0n) is 10.4. The van der Waals surface area contributed by atoms with Crippen molar-refractivity contribution in [3.8, 4) is 0 Å². The molecule has 0 radical (unpaired) electrons. The number of rotatable bonds is 8. The lowest BCUT2D eigenvalue weighted by molar-refractivity contribution is 0.616. The summed E-state index contributed by atoms with van der Waals surface area (Å²) in [5, 5.41) is 0. The maximum Gasteiger partial charge on any atom is 0.0363 e. The number of benzene rings is 1. The first-order valence-corrected chi connectivity index (χ1v) is 6.31. The van der Waals surface area contributed by atoms with E-state index in [9.17, 15) is 0 Å². The van der Waals surface area contributed by atoms with E-state index in [1.54, 1.807) is 0 Å². The predicted molar refractivity (Wildman–Crippen MR) is 71.9 cm³/mol. The first-order chi connectivity index (χ1) is 7.84. The van der Waals surface area contributed by atoms with Gasteiger partial charge in [-0.15, -0.1) is 0 Å². The zero-order chi connectivity index (χ0) is 11.6. The second-order valence-electron chi connectivity index (χ2n) is 4.31. The van der Waals surface area contributed by atoms with Crippen LogP contribution < -0.4 is 10.6 Å². The van der Waals surface area contributed by atoms with E-state index in [0.717, 1.165) is 13.1 Å². The highest BCUT2D eigenvalue weighted by Crippen LogP contribution is 2.12. The van der Waals surface area contributed by atoms with Gasteiger partial charge in [0, 0.05) is 19.3 Å². The third-order valence-electron chi connectivity index (χ3n) is 2.89. The van der Waals surface area contributed by atoms with E-state index in [1.807, 2.05) is 0 Å². The summed E-state index contributed by atoms with van der Waals surface area (Å²) in [6, 6.07) is 10.6. The van der Waals surface area contributed by atoms with Crippen LogP contribution in [0.5, 0.6) is 0 Å². The minimum absolute atomic E-state index is 0.837. The minimum Gasteiger partial charge on any atom is -0.375 e. The molecule has 2 nitrogen and oxygen atoms in total. The molecule has 0 fully saturated rings. The quantitative estimate of drug-likeness (QED) is 0.682. The van der Waals surface area contributed by atoms with Crippen molar-refractivity contribution in [1.82, 2.24) is 0 Å². The van der Waals surface area contributed by atoms with Gasteiger partial charge >= 0.3 is 0 Å². The fraction of sp³-hybridized carbons (Fsp3) is 0.571. The van der Waals surface area contributed by atoms with E-state index in [4.69, 9.17) is 5.73 Å². The van der Waals surface area contributed by atoms with E-state index < -0.39 is 0 Å². The molecule has 0 unspecified atom stereocenters. The number of hydrogen-bond donors (Lipinski definition) is 1. The molecule has 0 atom stereocenters. The van der Waals surface area contributed by atoms with Crippen molar-refractivity contribution in [2.45, 2.75) is 32.1 Å². The van der Waals surface area contributed by atoms with Gasteiger partial charge in [0.1, 0.15) is 0 Å². The van der Waals surface area contributed by atoms with E-state index >= 15 is 0 Å². The Morgan fingerprint density at radius 3 is 2.25 bits per heavy atom. The largest absolute Gasteiger partial charge is 0.375 e. The lowest BCUT2D eigenvalue weighted by atomic mass is 10.1. The molecule has 0 bridgehead atoms. The lowest BCUT2D eigenvalue weighted by Gasteiger charge is -2.18. The van der Waals surface area contributed by atoms with Crippen LogP contribution in [0.3, 0.4) is 0 Å². The van der Waals surface area contributed by atoms with E-state index in [1.165, 1.54) is 37.8 Å². The van der Waals surface area contributed by atoms with Crippen molar-refractivity contribution >= 4 is 5.69 Å². The van der Waals surface area contributed by atoms with Gasteiger partial charge in [0.25, 0.3) is 0 Å². The molecule has 0 spiro atoms. The van der Waals surface area contributed by atoms with Crippen LogP contribution in [0.15, 0.2) is 30.3 Å². The Kier molecular flexibility index (Phi) is 6.66. The minimum atomic E-state index is 0.837. The van der Waals surface area contributed by atoms with Crippen LogP contribution in [-0.4, -0.2) is 20.1 Å². The Balaban J connectivity index is 2.09. The summed E-state index contributed by atoms with van der Waals surface area (Å²) in [5.41, 5.74) is 6.77. The number of hydrogen-bond acceptors (Lipinski definition) is 2. The Morgan fingerprint density at radius 2 is 1.56 bits per heavy atom. The van der Waals surface area contributed by atoms with Gasteiger partial charge in [-0.2, -0.15) is 0 Å². The van der Waals surface area contributed by atoms with Crippen molar-refractivity contribution in [2.24, 2.45) is 5.73 Å². The number of unbranched alkanes of at least 4 members (excludes halogenated alkanes) is 4. The molecule has 0 aromatic heterocycles. The van der Waals surface area contributed by atoms with Gasteiger partial charge < -0.3 is 10.6 Å². The number of nitrogens with zero attached hydrogens (tertiary/aromatic N) is 1. The van der Waals surface area contributed by atoms with Crippen LogP contribution >= 0.6 is 0 Å². The molecule has 0 heterocycles. The van der Waals surface area contributed by atoms with Crippen molar-refractivity contribution in [3.63, 3.8) is 0 Å². The van der Waals surface area contributed by atoms with Crippen LogP contribution in [0, 0.1) is 0 Å². The summed E-state index contributed by atoms with van der Waals surface area (Å²) in [4.78, 5) is 2.32. The lowest BCUT2D eigenvalue weighted by Crippen LogP contribution is -2.18. The van der Waals surface area contributed by atoms with Crippen LogP contribution in [0.4, 0.5) is 5.69 Å². The highest BCUT2D eigenvalue weighted by atomic mass is 15.1. The molecular weight excluding hydrogens is 196 g/mol. The molecule has 0 amide bonds. The van der Waals surface area contributed by atoms with Crippen LogP contribution in [0.25, 0.3) is 0 Å². The molecule has 0 aliphatic rings. The maximum absolute atomic E-state index is 5.46. The highest BCUT2D eigenvalue weighted by Gasteiger charge is 1.98. The molecule has 1 aromatic rings. The average molecular weight is 220 g/mol. The Hall–Kier alpha value is -1.02. The molecule has 16 heavy (non-hydrogen) atoms. The molecule has 90 valence electrons. The summed E-state index contributed by atoms with van der Waals surface area (Å²) in [6.45, 7) is 1.98. The molecule has 0 aliphatic heterocycles. The van der Waals surface area contributed by atoms with E-state index in [2.05, 4.69) is 42.3 Å². The van der Waals surface area contributed by atoms with Gasteiger partial charge in [-0.3, -0.25) is 0 Å². The maximum atomic E-state index is 5.46. The summed E-state index contributed by atoms with van der Waals surface area (Å²) in [6.07, 6.45) is 6.37. The van der Waals surface area contributed by atoms with Crippen molar-refractivity contribution in [3.05, 3.63) is 30.3 Å². The van der Waals surface area contributed by atoms with Gasteiger partial charge in [0.15, 0.2) is 0 Å². The van der Waals surface area contributed by atoms with Gasteiger partial charge in [0.05, 0.1) is 0 Å². The first-order valence-electron chi connectivity index (χ1n) is 6.31. The number of para-hydroxylation sites is 1. The fourth-order valence-electron chi connectivity index (χ4n) is 1.84. The Labute approximate surface area is 99.5 Å². The molecule has 0 saturated heterocycles. The SMILES string of the molecule is CN(CCCCCCCN)c1ccccc1. The van der Waals surface area contributed by atoms with Crippen LogP contribution in [0.1, 0.15) is 32.1 Å². The monoisotopic (exact) mass is 220 g/mol. The molecule has 1 rings (SSSR count). The molecule has 0 aliphatic carbocycles. The molecule has 1 aromatic carbocycles. The van der Waals surface area contributed by atoms with Crippen LogP contribution in [-0.2, 0) is 0 Å². The van der Waals surface area contributed by atoms with Gasteiger partial charge in [-0.25, -0.2) is 0 Å². The van der Waals surface area contributed by atoms with Crippen molar-refractivity contribution < 1.29 is 0 Å². The molecule has 2 N–H and O–H groups in total. The normalized spacial score (nSPS) is 10.4. The topological polar surface area (TPSA) is 29.3 Å². The number of anilines is 1.